The van der Waals surface area contributed by atoms with Crippen molar-refractivity contribution in [2.75, 3.05) is 6.16 Å². The van der Waals surface area contributed by atoms with Crippen LogP contribution in [0.4, 0.5) is 0 Å². The topological polar surface area (TPSA) is 35.5 Å². The van der Waals surface area contributed by atoms with Crippen molar-refractivity contribution in [1.82, 2.24) is 0 Å². The molecule has 0 spiro atoms. The summed E-state index contributed by atoms with van der Waals surface area (Å²) in [7, 11) is -6.68. The lowest BCUT2D eigenvalue weighted by Crippen LogP contribution is -2.39. The molecule has 1 fully saturated rings. The van der Waals surface area contributed by atoms with Crippen LogP contribution in [0.2, 0.25) is 36.3 Å². The molecule has 3 nitrogen and oxygen atoms in total. The van der Waals surface area contributed by atoms with Gasteiger partial charge < -0.3 is 13.4 Å². The maximum atomic E-state index is 14.6. The van der Waals surface area contributed by atoms with Gasteiger partial charge in [-0.3, -0.25) is 0 Å². The predicted molar refractivity (Wildman–Crippen MR) is 179 cm³/mol. The zero-order valence-electron chi connectivity index (χ0n) is 26.5. The molecule has 0 bridgehead atoms. The Hall–Kier alpha value is -2.08. The van der Waals surface area contributed by atoms with Crippen molar-refractivity contribution in [3.8, 4) is 0 Å². The molecule has 2 aromatic carbocycles. The van der Waals surface area contributed by atoms with Crippen LogP contribution in [-0.2, 0) is 13.4 Å². The molecule has 1 aliphatic carbocycles. The summed E-state index contributed by atoms with van der Waals surface area (Å²) in [5, 5.41) is 2.09. The van der Waals surface area contributed by atoms with Crippen LogP contribution in [0.1, 0.15) is 60.8 Å². The minimum Gasteiger partial charge on any atom is -0.549 e. The standard InChI is InChI=1S/C34H51O3PSi2/c1-33(2,3)39(7,8)36-26-29-23-28(24-30(25-29)27-37-40(9,10)34(4,5)6)21-22-38(35,31-17-13-11-14-18-31)32-19-15-12-16-20-32/h11-21,26-27H,22-25H2,1-10H3. The van der Waals surface area contributed by atoms with Crippen LogP contribution in [-0.4, -0.2) is 22.8 Å². The van der Waals surface area contributed by atoms with Crippen LogP contribution in [0.25, 0.3) is 0 Å². The van der Waals surface area contributed by atoms with E-state index < -0.39 is 23.8 Å². The SMILES string of the molecule is CC(C)(C)[Si](C)(C)OC=C1CC(=CCP(=O)(c2ccccc2)c2ccccc2)CC(=CO[Si](C)(C)C(C)(C)C)C1. The lowest BCUT2D eigenvalue weighted by atomic mass is 9.87. The number of hydrogen-bond donors (Lipinski definition) is 0. The molecule has 1 saturated carbocycles. The van der Waals surface area contributed by atoms with Gasteiger partial charge in [-0.15, -0.1) is 0 Å². The smallest absolute Gasteiger partial charge is 0.249 e. The first-order chi connectivity index (χ1) is 18.4. The van der Waals surface area contributed by atoms with Gasteiger partial charge in [0.25, 0.3) is 0 Å². The molecule has 0 radical (unpaired) electrons. The van der Waals surface area contributed by atoms with E-state index in [0.717, 1.165) is 29.9 Å². The number of allylic oxidation sites excluding steroid dienone is 4. The van der Waals surface area contributed by atoms with Crippen LogP contribution in [0, 0.1) is 0 Å². The second-order valence-electron chi connectivity index (χ2n) is 14.3. The van der Waals surface area contributed by atoms with E-state index in [1.165, 1.54) is 16.7 Å². The van der Waals surface area contributed by atoms with Gasteiger partial charge in [-0.2, -0.15) is 0 Å². The van der Waals surface area contributed by atoms with E-state index in [0.29, 0.717) is 6.16 Å². The summed E-state index contributed by atoms with van der Waals surface area (Å²) >= 11 is 0. The second-order valence-corrected chi connectivity index (χ2v) is 26.7. The average Bonchev–Trinajstić information content (AvgIpc) is 2.89. The highest BCUT2D eigenvalue weighted by molar-refractivity contribution is 7.78. The highest BCUT2D eigenvalue weighted by Gasteiger charge is 2.39. The summed E-state index contributed by atoms with van der Waals surface area (Å²) in [4.78, 5) is 0. The minimum absolute atomic E-state index is 0.138. The third-order valence-corrected chi connectivity index (χ3v) is 20.6. The molecule has 2 aromatic rings. The van der Waals surface area contributed by atoms with E-state index in [1.54, 1.807) is 0 Å². The first-order valence-corrected chi connectivity index (χ1v) is 22.3. The molecule has 0 unspecified atom stereocenters. The Balaban J connectivity index is 1.97. The van der Waals surface area contributed by atoms with E-state index in [-0.39, 0.29) is 10.1 Å². The fourth-order valence-corrected chi connectivity index (χ4v) is 8.32. The van der Waals surface area contributed by atoms with Crippen molar-refractivity contribution in [3.63, 3.8) is 0 Å². The van der Waals surface area contributed by atoms with Gasteiger partial charge in [0.1, 0.15) is 7.14 Å². The largest absolute Gasteiger partial charge is 0.549 e. The van der Waals surface area contributed by atoms with Gasteiger partial charge in [0.2, 0.25) is 16.6 Å². The molecule has 1 aliphatic rings. The van der Waals surface area contributed by atoms with E-state index in [1.807, 2.05) is 73.2 Å². The third-order valence-electron chi connectivity index (χ3n) is 9.00. The van der Waals surface area contributed by atoms with E-state index in [4.69, 9.17) is 8.85 Å². The zero-order chi connectivity index (χ0) is 29.8. The van der Waals surface area contributed by atoms with Gasteiger partial charge >= 0.3 is 0 Å². The van der Waals surface area contributed by atoms with Crippen molar-refractivity contribution in [2.24, 2.45) is 0 Å². The summed E-state index contributed by atoms with van der Waals surface area (Å²) in [5.74, 6) is 0. The lowest BCUT2D eigenvalue weighted by Gasteiger charge is -2.36. The van der Waals surface area contributed by atoms with Gasteiger partial charge in [0, 0.05) is 16.8 Å². The Morgan fingerprint density at radius 3 is 1.35 bits per heavy atom. The molecule has 218 valence electrons. The van der Waals surface area contributed by atoms with Gasteiger partial charge in [-0.25, -0.2) is 0 Å². The fraction of sp³-hybridized carbons (Fsp3) is 0.471. The summed E-state index contributed by atoms with van der Waals surface area (Å²) in [5.41, 5.74) is 3.82. The lowest BCUT2D eigenvalue weighted by molar-refractivity contribution is 0.416. The van der Waals surface area contributed by atoms with E-state index in [9.17, 15) is 4.57 Å². The van der Waals surface area contributed by atoms with Crippen LogP contribution < -0.4 is 10.6 Å². The molecule has 0 saturated heterocycles. The molecule has 0 amide bonds. The summed E-state index contributed by atoms with van der Waals surface area (Å²) in [6.07, 6.45) is 9.36. The summed E-state index contributed by atoms with van der Waals surface area (Å²) < 4.78 is 27.7. The molecule has 40 heavy (non-hydrogen) atoms. The molecule has 0 heterocycles. The molecular weight excluding hydrogens is 544 g/mol. The maximum absolute atomic E-state index is 14.6. The van der Waals surface area contributed by atoms with Gasteiger partial charge in [-0.05, 0) is 66.7 Å². The Morgan fingerprint density at radius 1 is 0.650 bits per heavy atom. The monoisotopic (exact) mass is 594 g/mol. The predicted octanol–water partition coefficient (Wildman–Crippen LogP) is 9.92. The highest BCUT2D eigenvalue weighted by atomic mass is 31.2. The molecule has 0 atom stereocenters. The third kappa shape index (κ3) is 8.02. The Morgan fingerprint density at radius 2 is 1.00 bits per heavy atom. The van der Waals surface area contributed by atoms with Crippen LogP contribution in [0.3, 0.4) is 0 Å². The summed E-state index contributed by atoms with van der Waals surface area (Å²) in [6.45, 7) is 22.8. The van der Waals surface area contributed by atoms with E-state index in [2.05, 4.69) is 73.8 Å². The molecule has 6 heteroatoms. The number of rotatable bonds is 8. The number of hydrogen-bond acceptors (Lipinski definition) is 3. The minimum atomic E-state index is -2.82. The molecule has 0 aliphatic heterocycles. The quantitative estimate of drug-likeness (QED) is 0.132. The maximum Gasteiger partial charge on any atom is 0.249 e. The van der Waals surface area contributed by atoms with Crippen LogP contribution in [0.5, 0.6) is 0 Å². The van der Waals surface area contributed by atoms with Crippen LogP contribution >= 0.6 is 7.14 Å². The first kappa shape index (κ1) is 32.4. The van der Waals surface area contributed by atoms with Crippen molar-refractivity contribution in [3.05, 3.63) is 96.0 Å². The Kier molecular flexibility index (Phi) is 10.1. The van der Waals surface area contributed by atoms with Gasteiger partial charge in [0.05, 0.1) is 12.5 Å². The Bertz CT molecular complexity index is 1190. The van der Waals surface area contributed by atoms with E-state index >= 15 is 0 Å². The molecular formula is C34H51O3PSi2. The second kappa shape index (κ2) is 12.4. The number of benzene rings is 2. The molecule has 3 rings (SSSR count). The first-order valence-electron chi connectivity index (χ1n) is 14.5. The van der Waals surface area contributed by atoms with Crippen molar-refractivity contribution in [1.29, 1.82) is 0 Å². The fourth-order valence-electron chi connectivity index (χ4n) is 4.14. The Labute approximate surface area is 246 Å². The highest BCUT2D eigenvalue weighted by Crippen LogP contribution is 2.45. The molecule has 0 N–H and O–H groups in total. The zero-order valence-corrected chi connectivity index (χ0v) is 29.4. The van der Waals surface area contributed by atoms with Gasteiger partial charge in [-0.1, -0.05) is 114 Å². The van der Waals surface area contributed by atoms with Crippen molar-refractivity contribution in [2.45, 2.75) is 97.1 Å². The van der Waals surface area contributed by atoms with Gasteiger partial charge in [0.15, 0.2) is 0 Å². The van der Waals surface area contributed by atoms with Crippen molar-refractivity contribution < 1.29 is 13.4 Å². The normalized spacial score (nSPS) is 17.7. The average molecular weight is 595 g/mol. The molecule has 0 aromatic heterocycles. The van der Waals surface area contributed by atoms with Crippen LogP contribution in [0.15, 0.2) is 96.0 Å². The van der Waals surface area contributed by atoms with Crippen molar-refractivity contribution >= 4 is 34.4 Å². The summed E-state index contributed by atoms with van der Waals surface area (Å²) in [6, 6.07) is 19.9.